The van der Waals surface area contributed by atoms with E-state index in [1.54, 1.807) is 31.4 Å². The summed E-state index contributed by atoms with van der Waals surface area (Å²) in [5.41, 5.74) is 0. The van der Waals surface area contributed by atoms with E-state index in [0.29, 0.717) is 0 Å². The van der Waals surface area contributed by atoms with Crippen molar-refractivity contribution in [2.45, 2.75) is 0 Å². The number of carbonyl (C=O) groups is 1. The molecule has 0 aromatic rings. The van der Waals surface area contributed by atoms with Crippen LogP contribution in [0.15, 0.2) is 37.0 Å². The molecule has 0 bridgehead atoms. The summed E-state index contributed by atoms with van der Waals surface area (Å²) in [4.78, 5) is 10.5. The number of hydrogen-bond donors (Lipinski definition) is 1. The first-order valence-corrected chi connectivity index (χ1v) is 2.98. The average Bonchev–Trinajstić information content (AvgIpc) is 1.98. The van der Waals surface area contributed by atoms with Gasteiger partial charge in [-0.2, -0.15) is 0 Å². The second kappa shape index (κ2) is 5.82. The molecule has 10 heavy (non-hydrogen) atoms. The summed E-state index contributed by atoms with van der Waals surface area (Å²) in [5.74, 6) is -0.103. The summed E-state index contributed by atoms with van der Waals surface area (Å²) in [5, 5.41) is 2.46. The van der Waals surface area contributed by atoms with E-state index in [1.807, 2.05) is 0 Å². The number of hydrogen-bond acceptors (Lipinski definition) is 1. The van der Waals surface area contributed by atoms with Gasteiger partial charge in [0.1, 0.15) is 0 Å². The molecule has 0 fully saturated rings. The molecule has 0 saturated heterocycles. The molecule has 0 spiro atoms. The molecule has 0 heterocycles. The highest BCUT2D eigenvalue weighted by Gasteiger charge is 1.82. The topological polar surface area (TPSA) is 29.1 Å². The first-order chi connectivity index (χ1) is 4.81. The van der Waals surface area contributed by atoms with Gasteiger partial charge in [-0.3, -0.25) is 4.79 Å². The van der Waals surface area contributed by atoms with Gasteiger partial charge in [0.25, 0.3) is 0 Å². The molecule has 2 heteroatoms. The van der Waals surface area contributed by atoms with Gasteiger partial charge in [-0.05, 0) is 0 Å². The molecule has 2 nitrogen and oxygen atoms in total. The predicted octanol–water partition coefficient (Wildman–Crippen LogP) is 1.03. The minimum atomic E-state index is -0.103. The van der Waals surface area contributed by atoms with Gasteiger partial charge in [0.15, 0.2) is 0 Å². The van der Waals surface area contributed by atoms with Crippen LogP contribution in [-0.2, 0) is 4.79 Å². The number of nitrogens with one attached hydrogen (secondary N) is 1. The normalized spacial score (nSPS) is 10.5. The second-order valence-electron chi connectivity index (χ2n) is 1.59. The van der Waals surface area contributed by atoms with Crippen molar-refractivity contribution in [3.63, 3.8) is 0 Å². The highest BCUT2D eigenvalue weighted by Crippen LogP contribution is 1.77. The Balaban J connectivity index is 3.65. The quantitative estimate of drug-likeness (QED) is 0.457. The van der Waals surface area contributed by atoms with Gasteiger partial charge in [-0.15, -0.1) is 0 Å². The maximum atomic E-state index is 10.5. The van der Waals surface area contributed by atoms with Gasteiger partial charge in [-0.25, -0.2) is 0 Å². The zero-order valence-corrected chi connectivity index (χ0v) is 6.00. The summed E-state index contributed by atoms with van der Waals surface area (Å²) in [6.07, 6.45) is 8.23. The number of amides is 1. The largest absolute Gasteiger partial charge is 0.356 e. The molecule has 0 aromatic heterocycles. The fourth-order valence-electron chi connectivity index (χ4n) is 0.369. The number of likely N-dealkylation sites (N-methyl/N-ethyl adjacent to an activating group) is 1. The van der Waals surface area contributed by atoms with Gasteiger partial charge in [0.05, 0.1) is 0 Å². The van der Waals surface area contributed by atoms with E-state index < -0.39 is 0 Å². The molecule has 0 unspecified atom stereocenters. The van der Waals surface area contributed by atoms with Crippen molar-refractivity contribution in [3.8, 4) is 0 Å². The fourth-order valence-corrected chi connectivity index (χ4v) is 0.369. The molecular formula is C8H11NO. The van der Waals surface area contributed by atoms with Crippen LogP contribution >= 0.6 is 0 Å². The Morgan fingerprint density at radius 2 is 2.10 bits per heavy atom. The lowest BCUT2D eigenvalue weighted by Crippen LogP contribution is -2.13. The van der Waals surface area contributed by atoms with Crippen molar-refractivity contribution in [1.82, 2.24) is 5.32 Å². The van der Waals surface area contributed by atoms with E-state index >= 15 is 0 Å². The smallest absolute Gasteiger partial charge is 0.243 e. The Hall–Kier alpha value is -1.31. The molecule has 0 aliphatic rings. The number of allylic oxidation sites excluding steroid dienone is 4. The lowest BCUT2D eigenvalue weighted by atomic mass is 10.4. The Kier molecular flexibility index (Phi) is 5.06. The van der Waals surface area contributed by atoms with Gasteiger partial charge in [0.2, 0.25) is 5.91 Å². The minimum Gasteiger partial charge on any atom is -0.356 e. The first-order valence-electron chi connectivity index (χ1n) is 2.98. The second-order valence-corrected chi connectivity index (χ2v) is 1.59. The molecule has 0 aliphatic carbocycles. The summed E-state index contributed by atoms with van der Waals surface area (Å²) in [6, 6.07) is 0. The maximum Gasteiger partial charge on any atom is 0.243 e. The number of carbonyl (C=O) groups excluding carboxylic acids is 1. The Labute approximate surface area is 60.9 Å². The van der Waals surface area contributed by atoms with E-state index in [0.717, 1.165) is 0 Å². The van der Waals surface area contributed by atoms with E-state index in [4.69, 9.17) is 0 Å². The van der Waals surface area contributed by atoms with Crippen LogP contribution in [-0.4, -0.2) is 13.0 Å². The van der Waals surface area contributed by atoms with Crippen molar-refractivity contribution < 1.29 is 4.79 Å². The van der Waals surface area contributed by atoms with E-state index in [9.17, 15) is 4.79 Å². The van der Waals surface area contributed by atoms with Crippen LogP contribution < -0.4 is 5.32 Å². The molecule has 0 rings (SSSR count). The van der Waals surface area contributed by atoms with Crippen LogP contribution in [0.2, 0.25) is 0 Å². The molecule has 0 aliphatic heterocycles. The van der Waals surface area contributed by atoms with Gasteiger partial charge < -0.3 is 5.32 Å². The average molecular weight is 137 g/mol. The lowest BCUT2D eigenvalue weighted by molar-refractivity contribution is -0.116. The van der Waals surface area contributed by atoms with Gasteiger partial charge in [0, 0.05) is 13.1 Å². The zero-order chi connectivity index (χ0) is 7.82. The minimum absolute atomic E-state index is 0.103. The highest BCUT2D eigenvalue weighted by atomic mass is 16.1. The van der Waals surface area contributed by atoms with Gasteiger partial charge >= 0.3 is 0 Å². The highest BCUT2D eigenvalue weighted by molar-refractivity contribution is 5.87. The van der Waals surface area contributed by atoms with E-state index in [-0.39, 0.29) is 5.91 Å². The van der Waals surface area contributed by atoms with Crippen molar-refractivity contribution in [2.75, 3.05) is 7.05 Å². The molecule has 0 saturated carbocycles. The zero-order valence-electron chi connectivity index (χ0n) is 6.00. The summed E-state index contributed by atoms with van der Waals surface area (Å²) in [7, 11) is 1.59. The van der Waals surface area contributed by atoms with Crippen LogP contribution in [0.3, 0.4) is 0 Å². The van der Waals surface area contributed by atoms with Gasteiger partial charge in [-0.1, -0.05) is 30.9 Å². The van der Waals surface area contributed by atoms with E-state index in [1.165, 1.54) is 6.08 Å². The predicted molar refractivity (Wildman–Crippen MR) is 42.5 cm³/mol. The monoisotopic (exact) mass is 137 g/mol. The van der Waals surface area contributed by atoms with Crippen molar-refractivity contribution in [2.24, 2.45) is 0 Å². The van der Waals surface area contributed by atoms with Crippen LogP contribution in [0.1, 0.15) is 0 Å². The molecule has 0 radical (unpaired) electrons. The Morgan fingerprint density at radius 3 is 2.60 bits per heavy atom. The third kappa shape index (κ3) is 4.84. The summed E-state index contributed by atoms with van der Waals surface area (Å²) in [6.45, 7) is 3.48. The van der Waals surface area contributed by atoms with Crippen molar-refractivity contribution >= 4 is 5.91 Å². The van der Waals surface area contributed by atoms with E-state index in [2.05, 4.69) is 11.9 Å². The van der Waals surface area contributed by atoms with Crippen molar-refractivity contribution in [3.05, 3.63) is 37.0 Å². The molecule has 0 atom stereocenters. The standard InChI is InChI=1S/C8H11NO/c1-3-4-5-6-7-8(10)9-2/h3-7H,1H2,2H3,(H,9,10)/b5-4-,7-6+. The Bertz CT molecular complexity index is 168. The third-order valence-electron chi connectivity index (χ3n) is 0.852. The molecular weight excluding hydrogens is 126 g/mol. The van der Waals surface area contributed by atoms with Crippen LogP contribution in [0.4, 0.5) is 0 Å². The summed E-state index contributed by atoms with van der Waals surface area (Å²) < 4.78 is 0. The fraction of sp³-hybridized carbons (Fsp3) is 0.125. The third-order valence-corrected chi connectivity index (χ3v) is 0.852. The lowest BCUT2D eigenvalue weighted by Gasteiger charge is -1.85. The Morgan fingerprint density at radius 1 is 1.40 bits per heavy atom. The first kappa shape index (κ1) is 8.69. The molecule has 1 amide bonds. The van der Waals surface area contributed by atoms with Crippen molar-refractivity contribution in [1.29, 1.82) is 0 Å². The molecule has 0 aromatic carbocycles. The molecule has 1 N–H and O–H groups in total. The van der Waals surface area contributed by atoms with Crippen LogP contribution in [0, 0.1) is 0 Å². The summed E-state index contributed by atoms with van der Waals surface area (Å²) >= 11 is 0. The maximum absolute atomic E-state index is 10.5. The number of rotatable bonds is 3. The molecule has 54 valence electrons. The SMILES string of the molecule is C=C/C=C\C=C\C(=O)NC. The van der Waals surface area contributed by atoms with Crippen LogP contribution in [0.5, 0.6) is 0 Å². The van der Waals surface area contributed by atoms with Crippen LogP contribution in [0.25, 0.3) is 0 Å².